The van der Waals surface area contributed by atoms with E-state index in [0.29, 0.717) is 12.1 Å². The molecule has 0 bridgehead atoms. The summed E-state index contributed by atoms with van der Waals surface area (Å²) < 4.78 is 85.6. The molecule has 2 rings (SSSR count). The number of nitrogens with zero attached hydrogens (tertiary/aromatic N) is 2. The summed E-state index contributed by atoms with van der Waals surface area (Å²) in [6.07, 6.45) is -9.69. The molecule has 12 heteroatoms. The molecule has 0 saturated heterocycles. The molecule has 0 spiro atoms. The van der Waals surface area contributed by atoms with Crippen LogP contribution in [-0.4, -0.2) is 17.8 Å². The quantitative estimate of drug-likeness (QED) is 0.307. The maximum Gasteiger partial charge on any atom is 0.573 e. The van der Waals surface area contributed by atoms with Crippen LogP contribution in [0.25, 0.3) is 0 Å². The fourth-order valence-electron chi connectivity index (χ4n) is 2.32. The lowest BCUT2D eigenvalue weighted by molar-refractivity contribution is -0.274. The van der Waals surface area contributed by atoms with E-state index in [4.69, 9.17) is 21.3 Å². The molecule has 0 amide bonds. The summed E-state index contributed by atoms with van der Waals surface area (Å²) >= 11 is 0. The van der Waals surface area contributed by atoms with Crippen molar-refractivity contribution in [2.45, 2.75) is 19.1 Å². The molecule has 158 valence electrons. The number of rotatable bonds is 6. The van der Waals surface area contributed by atoms with Gasteiger partial charge in [-0.2, -0.15) is 23.5 Å². The summed E-state index contributed by atoms with van der Waals surface area (Å²) in [6, 6.07) is 8.50. The predicted molar refractivity (Wildman–Crippen MR) is 93.0 cm³/mol. The number of alkyl halides is 6. The van der Waals surface area contributed by atoms with E-state index in [1.165, 1.54) is 18.2 Å². The Hall–Kier alpha value is -3.75. The molecular weight excluding hydrogens is 418 g/mol. The SMILES string of the molecule is N#CC(=N)C(=NN)c1cc(OCc2cccc(OC(F)(F)F)c2)cc(C(F)(F)F)c1. The number of hydrazone groups is 1. The van der Waals surface area contributed by atoms with Crippen LogP contribution >= 0.6 is 0 Å². The number of nitrogens with two attached hydrogens (primary N) is 1. The average Bonchev–Trinajstić information content (AvgIpc) is 2.65. The minimum atomic E-state index is -4.90. The van der Waals surface area contributed by atoms with Crippen LogP contribution in [0.2, 0.25) is 0 Å². The molecule has 0 radical (unpaired) electrons. The zero-order chi connectivity index (χ0) is 22.5. The Morgan fingerprint density at radius 3 is 2.33 bits per heavy atom. The Morgan fingerprint density at radius 2 is 1.77 bits per heavy atom. The monoisotopic (exact) mass is 430 g/mol. The Balaban J connectivity index is 2.34. The molecular formula is C18H12F6N4O2. The topological polar surface area (TPSA) is 104 Å². The summed E-state index contributed by atoms with van der Waals surface area (Å²) in [5, 5.41) is 19.4. The van der Waals surface area contributed by atoms with E-state index >= 15 is 0 Å². The third-order valence-corrected chi connectivity index (χ3v) is 3.52. The van der Waals surface area contributed by atoms with E-state index in [1.54, 1.807) is 0 Å². The molecule has 0 heterocycles. The van der Waals surface area contributed by atoms with Crippen LogP contribution in [0.5, 0.6) is 11.5 Å². The van der Waals surface area contributed by atoms with Crippen molar-refractivity contribution in [3.63, 3.8) is 0 Å². The fraction of sp³-hybridized carbons (Fsp3) is 0.167. The van der Waals surface area contributed by atoms with Gasteiger partial charge in [-0.25, -0.2) is 0 Å². The molecule has 0 atom stereocenters. The molecule has 0 aliphatic rings. The summed E-state index contributed by atoms with van der Waals surface area (Å²) in [6.45, 7) is -0.388. The third kappa shape index (κ3) is 6.13. The first-order valence-corrected chi connectivity index (χ1v) is 7.90. The zero-order valence-corrected chi connectivity index (χ0v) is 14.8. The van der Waals surface area contributed by atoms with Crippen molar-refractivity contribution in [2.75, 3.05) is 0 Å². The van der Waals surface area contributed by atoms with Crippen molar-refractivity contribution in [1.29, 1.82) is 10.7 Å². The van der Waals surface area contributed by atoms with E-state index in [-0.39, 0.29) is 23.5 Å². The number of nitriles is 1. The lowest BCUT2D eigenvalue weighted by Crippen LogP contribution is -2.17. The minimum Gasteiger partial charge on any atom is -0.489 e. The van der Waals surface area contributed by atoms with Crippen molar-refractivity contribution in [1.82, 2.24) is 0 Å². The highest BCUT2D eigenvalue weighted by Gasteiger charge is 2.32. The van der Waals surface area contributed by atoms with Crippen molar-refractivity contribution < 1.29 is 35.8 Å². The maximum atomic E-state index is 13.2. The van der Waals surface area contributed by atoms with Crippen LogP contribution in [0.15, 0.2) is 47.6 Å². The number of ether oxygens (including phenoxy) is 2. The Morgan fingerprint density at radius 1 is 1.07 bits per heavy atom. The van der Waals surface area contributed by atoms with E-state index in [0.717, 1.165) is 18.2 Å². The second kappa shape index (κ2) is 8.73. The van der Waals surface area contributed by atoms with E-state index in [2.05, 4.69) is 9.84 Å². The summed E-state index contributed by atoms with van der Waals surface area (Å²) in [7, 11) is 0. The first-order chi connectivity index (χ1) is 13.9. The van der Waals surface area contributed by atoms with Crippen LogP contribution < -0.4 is 15.3 Å². The first-order valence-electron chi connectivity index (χ1n) is 7.90. The highest BCUT2D eigenvalue weighted by Crippen LogP contribution is 2.33. The van der Waals surface area contributed by atoms with Gasteiger partial charge in [-0.15, -0.1) is 13.2 Å². The minimum absolute atomic E-state index is 0.188. The van der Waals surface area contributed by atoms with Gasteiger partial charge in [-0.1, -0.05) is 12.1 Å². The highest BCUT2D eigenvalue weighted by molar-refractivity contribution is 6.52. The van der Waals surface area contributed by atoms with Crippen molar-refractivity contribution >= 4 is 11.4 Å². The highest BCUT2D eigenvalue weighted by atomic mass is 19.4. The number of nitrogens with one attached hydrogen (secondary N) is 1. The molecule has 2 aromatic rings. The van der Waals surface area contributed by atoms with Crippen LogP contribution in [0.3, 0.4) is 0 Å². The molecule has 0 aliphatic carbocycles. The molecule has 0 aromatic heterocycles. The van der Waals surface area contributed by atoms with Crippen LogP contribution in [0.4, 0.5) is 26.3 Å². The second-order valence-corrected chi connectivity index (χ2v) is 5.69. The second-order valence-electron chi connectivity index (χ2n) is 5.69. The first kappa shape index (κ1) is 22.5. The third-order valence-electron chi connectivity index (χ3n) is 3.52. The molecule has 0 saturated carbocycles. The van der Waals surface area contributed by atoms with E-state index in [1.807, 2.05) is 0 Å². The zero-order valence-electron chi connectivity index (χ0n) is 14.8. The maximum absolute atomic E-state index is 13.2. The Labute approximate surface area is 165 Å². The van der Waals surface area contributed by atoms with Gasteiger partial charge in [0.2, 0.25) is 0 Å². The largest absolute Gasteiger partial charge is 0.573 e. The lowest BCUT2D eigenvalue weighted by atomic mass is 10.0. The van der Waals surface area contributed by atoms with Crippen LogP contribution in [0, 0.1) is 16.7 Å². The Kier molecular flexibility index (Phi) is 6.56. The molecule has 6 nitrogen and oxygen atoms in total. The Bertz CT molecular complexity index is 1010. The van der Waals surface area contributed by atoms with Crippen molar-refractivity contribution in [2.24, 2.45) is 10.9 Å². The summed E-state index contributed by atoms with van der Waals surface area (Å²) in [4.78, 5) is 0. The predicted octanol–water partition coefficient (Wildman–Crippen LogP) is 4.39. The summed E-state index contributed by atoms with van der Waals surface area (Å²) in [5.74, 6) is 4.25. The van der Waals surface area contributed by atoms with Crippen molar-refractivity contribution in [3.05, 3.63) is 59.2 Å². The van der Waals surface area contributed by atoms with Gasteiger partial charge in [0, 0.05) is 5.56 Å². The fourth-order valence-corrected chi connectivity index (χ4v) is 2.32. The molecule has 0 fully saturated rings. The lowest BCUT2D eigenvalue weighted by Gasteiger charge is -2.14. The smallest absolute Gasteiger partial charge is 0.489 e. The standard InChI is InChI=1S/C18H12F6N4O2/c19-17(20,21)12-5-11(16(28-27)15(26)8-25)6-14(7-12)29-9-10-2-1-3-13(4-10)30-18(22,23)24/h1-7,26H,9,27H2. The van der Waals surface area contributed by atoms with Gasteiger partial charge < -0.3 is 15.3 Å². The molecule has 30 heavy (non-hydrogen) atoms. The number of hydrogen-bond donors (Lipinski definition) is 2. The number of benzene rings is 2. The van der Waals surface area contributed by atoms with Gasteiger partial charge in [-0.3, -0.25) is 5.41 Å². The number of halogens is 6. The molecule has 0 aliphatic heterocycles. The van der Waals surface area contributed by atoms with Gasteiger partial charge >= 0.3 is 12.5 Å². The molecule has 3 N–H and O–H groups in total. The molecule has 2 aromatic carbocycles. The molecule has 0 unspecified atom stereocenters. The van der Waals surface area contributed by atoms with E-state index < -0.39 is 35.3 Å². The van der Waals surface area contributed by atoms with Gasteiger partial charge in [0.15, 0.2) is 5.71 Å². The summed E-state index contributed by atoms with van der Waals surface area (Å²) in [5.41, 5.74) is -2.51. The average molecular weight is 430 g/mol. The van der Waals surface area contributed by atoms with Gasteiger partial charge in [0.1, 0.15) is 29.9 Å². The van der Waals surface area contributed by atoms with Gasteiger partial charge in [0.25, 0.3) is 0 Å². The normalized spacial score (nSPS) is 12.2. The van der Waals surface area contributed by atoms with Gasteiger partial charge in [0.05, 0.1) is 5.56 Å². The van der Waals surface area contributed by atoms with E-state index in [9.17, 15) is 26.3 Å². The number of hydrogen-bond acceptors (Lipinski definition) is 6. The van der Waals surface area contributed by atoms with Gasteiger partial charge in [-0.05, 0) is 35.9 Å². The van der Waals surface area contributed by atoms with Crippen molar-refractivity contribution in [3.8, 4) is 17.6 Å². The van der Waals surface area contributed by atoms with Crippen LogP contribution in [0.1, 0.15) is 16.7 Å². The van der Waals surface area contributed by atoms with Crippen LogP contribution in [-0.2, 0) is 12.8 Å².